The van der Waals surface area contributed by atoms with Gasteiger partial charge < -0.3 is 14.4 Å². The van der Waals surface area contributed by atoms with E-state index in [1.807, 2.05) is 0 Å². The summed E-state index contributed by atoms with van der Waals surface area (Å²) in [5, 5.41) is 0. The Kier molecular flexibility index (Phi) is 6.08. The molecule has 8 heteroatoms. The highest BCUT2D eigenvalue weighted by Gasteiger charge is 2.25. The lowest BCUT2D eigenvalue weighted by Gasteiger charge is -2.29. The fraction of sp³-hybridized carbons (Fsp3) is 0.588. The smallest absolute Gasteiger partial charge is 0.263 e. The van der Waals surface area contributed by atoms with Crippen molar-refractivity contribution < 1.29 is 22.7 Å². The van der Waals surface area contributed by atoms with Crippen LogP contribution in [0.3, 0.4) is 0 Å². The maximum Gasteiger partial charge on any atom is 0.263 e. The number of nitrogens with zero attached hydrogens (tertiary/aromatic N) is 1. The number of hydrogen-bond acceptors (Lipinski definition) is 5. The molecular formula is C17H26N2O5S. The molecule has 0 aliphatic carbocycles. The summed E-state index contributed by atoms with van der Waals surface area (Å²) in [6.07, 6.45) is -0.645. The van der Waals surface area contributed by atoms with Gasteiger partial charge in [0, 0.05) is 18.6 Å². The number of carbonyl (C=O) groups excluding carboxylic acids is 1. The first-order valence-electron chi connectivity index (χ1n) is 8.26. The minimum atomic E-state index is -3.59. The normalized spacial score (nSPS) is 17.2. The molecule has 25 heavy (non-hydrogen) atoms. The second-order valence-corrected chi connectivity index (χ2v) is 8.71. The molecule has 0 radical (unpaired) electrons. The number of nitrogens with one attached hydrogen (secondary N) is 1. The van der Waals surface area contributed by atoms with Crippen LogP contribution in [-0.4, -0.2) is 57.2 Å². The van der Waals surface area contributed by atoms with E-state index in [-0.39, 0.29) is 10.8 Å². The van der Waals surface area contributed by atoms with Gasteiger partial charge in [-0.25, -0.2) is 13.1 Å². The SMILES string of the molecule is C[C@H](Oc1ccc(S(=O)(=O)NC(C)(C)C)cc1)C(=O)N1CCOCC1. The van der Waals surface area contributed by atoms with Crippen LogP contribution in [0.2, 0.25) is 0 Å². The van der Waals surface area contributed by atoms with Gasteiger partial charge in [-0.3, -0.25) is 4.79 Å². The Morgan fingerprint density at radius 2 is 1.76 bits per heavy atom. The molecule has 140 valence electrons. The number of sulfonamides is 1. The Hall–Kier alpha value is -1.64. The molecule has 1 amide bonds. The molecule has 1 aromatic carbocycles. The summed E-state index contributed by atoms with van der Waals surface area (Å²) >= 11 is 0. The second kappa shape index (κ2) is 7.72. The lowest BCUT2D eigenvalue weighted by molar-refractivity contribution is -0.142. The molecule has 1 heterocycles. The van der Waals surface area contributed by atoms with Gasteiger partial charge in [-0.2, -0.15) is 0 Å². The highest BCUT2D eigenvalue weighted by Crippen LogP contribution is 2.19. The highest BCUT2D eigenvalue weighted by molar-refractivity contribution is 7.89. The number of morpholine rings is 1. The van der Waals surface area contributed by atoms with Gasteiger partial charge >= 0.3 is 0 Å². The summed E-state index contributed by atoms with van der Waals surface area (Å²) in [6, 6.07) is 6.05. The van der Waals surface area contributed by atoms with E-state index in [0.717, 1.165) is 0 Å². The molecule has 0 spiro atoms. The maximum atomic E-state index is 12.3. The van der Waals surface area contributed by atoms with E-state index in [1.54, 1.807) is 44.7 Å². The quantitative estimate of drug-likeness (QED) is 0.847. The van der Waals surface area contributed by atoms with Crippen LogP contribution < -0.4 is 9.46 Å². The molecule has 7 nitrogen and oxygen atoms in total. The van der Waals surface area contributed by atoms with Crippen LogP contribution in [0.15, 0.2) is 29.2 Å². The number of amides is 1. The summed E-state index contributed by atoms with van der Waals surface area (Å²) in [5.74, 6) is 0.346. The van der Waals surface area contributed by atoms with Crippen LogP contribution in [0.5, 0.6) is 5.75 Å². The fourth-order valence-electron chi connectivity index (χ4n) is 2.45. The van der Waals surface area contributed by atoms with Gasteiger partial charge in [0.05, 0.1) is 18.1 Å². The molecule has 0 unspecified atom stereocenters. The van der Waals surface area contributed by atoms with Crippen LogP contribution >= 0.6 is 0 Å². The molecule has 1 atom stereocenters. The van der Waals surface area contributed by atoms with Crippen molar-refractivity contribution in [1.82, 2.24) is 9.62 Å². The third-order valence-electron chi connectivity index (χ3n) is 3.56. The lowest BCUT2D eigenvalue weighted by atomic mass is 10.1. The first kappa shape index (κ1) is 19.7. The van der Waals surface area contributed by atoms with Gasteiger partial charge in [0.2, 0.25) is 10.0 Å². The molecule has 1 aliphatic heterocycles. The average molecular weight is 370 g/mol. The lowest BCUT2D eigenvalue weighted by Crippen LogP contribution is -2.46. The third kappa shape index (κ3) is 5.69. The molecule has 0 saturated carbocycles. The van der Waals surface area contributed by atoms with Crippen molar-refractivity contribution in [3.8, 4) is 5.75 Å². The van der Waals surface area contributed by atoms with Gasteiger partial charge in [0.15, 0.2) is 6.10 Å². The summed E-state index contributed by atoms with van der Waals surface area (Å²) in [4.78, 5) is 14.2. The van der Waals surface area contributed by atoms with Crippen LogP contribution in [0.4, 0.5) is 0 Å². The van der Waals surface area contributed by atoms with Crippen LogP contribution in [0.25, 0.3) is 0 Å². The number of rotatable bonds is 5. The standard InChI is InChI=1S/C17H26N2O5S/c1-13(16(20)19-9-11-23-12-10-19)24-14-5-7-15(8-6-14)25(21,22)18-17(2,3)4/h5-8,13,18H,9-12H2,1-4H3/t13-/m0/s1. The number of carbonyl (C=O) groups is 1. The summed E-state index contributed by atoms with van der Waals surface area (Å²) in [6.45, 7) is 9.20. The van der Waals surface area contributed by atoms with E-state index in [4.69, 9.17) is 9.47 Å². The zero-order valence-corrected chi connectivity index (χ0v) is 15.9. The molecule has 1 fully saturated rings. The molecule has 2 rings (SSSR count). The van der Waals surface area contributed by atoms with Gasteiger partial charge in [-0.15, -0.1) is 0 Å². The Balaban J connectivity index is 2.01. The molecule has 0 bridgehead atoms. The Bertz CT molecular complexity index is 689. The zero-order chi connectivity index (χ0) is 18.7. The Labute approximate surface area is 149 Å². The van der Waals surface area contributed by atoms with Gasteiger partial charge in [-0.1, -0.05) is 0 Å². The van der Waals surface area contributed by atoms with Crippen LogP contribution in [0.1, 0.15) is 27.7 Å². The first-order chi connectivity index (χ1) is 11.6. The summed E-state index contributed by atoms with van der Waals surface area (Å²) in [7, 11) is -3.59. The maximum absolute atomic E-state index is 12.3. The second-order valence-electron chi connectivity index (χ2n) is 7.02. The monoisotopic (exact) mass is 370 g/mol. The molecule has 1 aromatic rings. The van der Waals surface area contributed by atoms with Crippen molar-refractivity contribution in [3.05, 3.63) is 24.3 Å². The molecule has 1 N–H and O–H groups in total. The van der Waals surface area contributed by atoms with Crippen molar-refractivity contribution in [1.29, 1.82) is 0 Å². The average Bonchev–Trinajstić information content (AvgIpc) is 2.53. The van der Waals surface area contributed by atoms with Crippen LogP contribution in [-0.2, 0) is 19.6 Å². The van der Waals surface area contributed by atoms with E-state index in [1.165, 1.54) is 12.1 Å². The topological polar surface area (TPSA) is 84.9 Å². The fourth-order valence-corrected chi connectivity index (χ4v) is 3.87. The van der Waals surface area contributed by atoms with Crippen molar-refractivity contribution in [2.45, 2.75) is 44.2 Å². The largest absolute Gasteiger partial charge is 0.481 e. The van der Waals surface area contributed by atoms with E-state index in [0.29, 0.717) is 32.1 Å². The third-order valence-corrected chi connectivity index (χ3v) is 5.33. The molecule has 1 aliphatic rings. The predicted octanol–water partition coefficient (Wildman–Crippen LogP) is 1.39. The summed E-state index contributed by atoms with van der Waals surface area (Å²) < 4.78 is 38.0. The van der Waals surface area contributed by atoms with E-state index in [2.05, 4.69) is 4.72 Å². The van der Waals surface area contributed by atoms with Crippen molar-refractivity contribution in [2.24, 2.45) is 0 Å². The number of hydrogen-bond donors (Lipinski definition) is 1. The zero-order valence-electron chi connectivity index (χ0n) is 15.1. The molecular weight excluding hydrogens is 344 g/mol. The predicted molar refractivity (Wildman–Crippen MR) is 94.0 cm³/mol. The number of ether oxygens (including phenoxy) is 2. The van der Waals surface area contributed by atoms with Gasteiger partial charge in [-0.05, 0) is 52.0 Å². The molecule has 0 aromatic heterocycles. The highest BCUT2D eigenvalue weighted by atomic mass is 32.2. The van der Waals surface area contributed by atoms with Gasteiger partial charge in [0.25, 0.3) is 5.91 Å². The van der Waals surface area contributed by atoms with Gasteiger partial charge in [0.1, 0.15) is 5.75 Å². The van der Waals surface area contributed by atoms with E-state index < -0.39 is 21.7 Å². The van der Waals surface area contributed by atoms with E-state index >= 15 is 0 Å². The van der Waals surface area contributed by atoms with Crippen molar-refractivity contribution in [3.63, 3.8) is 0 Å². The van der Waals surface area contributed by atoms with Crippen molar-refractivity contribution >= 4 is 15.9 Å². The first-order valence-corrected chi connectivity index (χ1v) is 9.74. The van der Waals surface area contributed by atoms with Crippen LogP contribution in [0, 0.1) is 0 Å². The van der Waals surface area contributed by atoms with E-state index in [9.17, 15) is 13.2 Å². The minimum absolute atomic E-state index is 0.102. The minimum Gasteiger partial charge on any atom is -0.481 e. The van der Waals surface area contributed by atoms with Crippen molar-refractivity contribution in [2.75, 3.05) is 26.3 Å². The Morgan fingerprint density at radius 3 is 2.28 bits per heavy atom. The molecule has 1 saturated heterocycles. The Morgan fingerprint density at radius 1 is 1.20 bits per heavy atom. The summed E-state index contributed by atoms with van der Waals surface area (Å²) in [5.41, 5.74) is -0.562. The number of benzene rings is 1.